The van der Waals surface area contributed by atoms with Gasteiger partial charge in [-0.3, -0.25) is 10.2 Å². The Kier molecular flexibility index (Phi) is 2.55. The zero-order valence-electron chi connectivity index (χ0n) is 9.21. The van der Waals surface area contributed by atoms with E-state index in [4.69, 9.17) is 6.42 Å². The van der Waals surface area contributed by atoms with Gasteiger partial charge in [0.15, 0.2) is 0 Å². The molecule has 2 saturated heterocycles. The van der Waals surface area contributed by atoms with Crippen molar-refractivity contribution in [2.75, 3.05) is 13.1 Å². The van der Waals surface area contributed by atoms with E-state index in [1.807, 2.05) is 0 Å². The molecule has 0 aromatic carbocycles. The molecule has 0 aliphatic carbocycles. The van der Waals surface area contributed by atoms with Crippen molar-refractivity contribution in [3.63, 3.8) is 0 Å². The third-order valence-electron chi connectivity index (χ3n) is 3.51. The maximum absolute atomic E-state index is 5.50. The van der Waals surface area contributed by atoms with Crippen LogP contribution in [0.15, 0.2) is 0 Å². The molecule has 0 aromatic heterocycles. The first-order chi connectivity index (χ1) is 6.62. The number of terminal acetylenes is 1. The van der Waals surface area contributed by atoms with E-state index in [0.717, 1.165) is 6.04 Å². The Labute approximate surface area is 87.1 Å². The van der Waals surface area contributed by atoms with Crippen LogP contribution < -0.4 is 5.32 Å². The van der Waals surface area contributed by atoms with Gasteiger partial charge in [0.05, 0.1) is 5.54 Å². The van der Waals surface area contributed by atoms with Crippen molar-refractivity contribution in [2.24, 2.45) is 0 Å². The minimum Gasteiger partial charge on any atom is -0.299 e. The summed E-state index contributed by atoms with van der Waals surface area (Å²) >= 11 is 0. The first-order valence-electron chi connectivity index (χ1n) is 5.62. The number of nitrogens with one attached hydrogen (secondary N) is 1. The van der Waals surface area contributed by atoms with E-state index in [1.165, 1.54) is 32.4 Å². The molecule has 0 aromatic rings. The summed E-state index contributed by atoms with van der Waals surface area (Å²) in [5, 5.41) is 3.60. The molecule has 2 heterocycles. The Hall–Kier alpha value is -0.520. The van der Waals surface area contributed by atoms with Crippen LogP contribution in [0.25, 0.3) is 0 Å². The molecule has 2 heteroatoms. The van der Waals surface area contributed by atoms with Gasteiger partial charge in [0.1, 0.15) is 0 Å². The van der Waals surface area contributed by atoms with Crippen LogP contribution in [0.3, 0.4) is 0 Å². The Balaban J connectivity index is 1.97. The minimum absolute atomic E-state index is 0.150. The maximum Gasteiger partial charge on any atom is 0.0743 e. The van der Waals surface area contributed by atoms with Gasteiger partial charge in [0.25, 0.3) is 0 Å². The van der Waals surface area contributed by atoms with Crippen LogP contribution in [0.5, 0.6) is 0 Å². The summed E-state index contributed by atoms with van der Waals surface area (Å²) in [5.41, 5.74) is -0.150. The SMILES string of the molecule is C#CC(C)(C)NC1CCN2CCCC12. The lowest BCUT2D eigenvalue weighted by Gasteiger charge is -2.28. The molecule has 0 saturated carbocycles. The van der Waals surface area contributed by atoms with Crippen molar-refractivity contribution in [2.45, 2.75) is 50.7 Å². The summed E-state index contributed by atoms with van der Waals surface area (Å²) < 4.78 is 0. The third kappa shape index (κ3) is 1.80. The van der Waals surface area contributed by atoms with Gasteiger partial charge in [-0.05, 0) is 39.7 Å². The first kappa shape index (κ1) is 10.0. The average Bonchev–Trinajstić information content (AvgIpc) is 2.70. The summed E-state index contributed by atoms with van der Waals surface area (Å²) in [6, 6.07) is 1.37. The van der Waals surface area contributed by atoms with Crippen LogP contribution >= 0.6 is 0 Å². The minimum atomic E-state index is -0.150. The van der Waals surface area contributed by atoms with Crippen molar-refractivity contribution in [3.05, 3.63) is 0 Å². The largest absolute Gasteiger partial charge is 0.299 e. The number of fused-ring (bicyclic) bond motifs is 1. The van der Waals surface area contributed by atoms with E-state index in [0.29, 0.717) is 6.04 Å². The van der Waals surface area contributed by atoms with Crippen LogP contribution in [0.4, 0.5) is 0 Å². The summed E-state index contributed by atoms with van der Waals surface area (Å²) in [6.45, 7) is 6.72. The molecule has 2 aliphatic heterocycles. The highest BCUT2D eigenvalue weighted by molar-refractivity contribution is 5.10. The van der Waals surface area contributed by atoms with E-state index >= 15 is 0 Å². The highest BCUT2D eigenvalue weighted by atomic mass is 15.2. The lowest BCUT2D eigenvalue weighted by molar-refractivity contribution is 0.282. The summed E-state index contributed by atoms with van der Waals surface area (Å²) in [7, 11) is 0. The summed E-state index contributed by atoms with van der Waals surface area (Å²) in [5.74, 6) is 2.82. The predicted octanol–water partition coefficient (Wildman–Crippen LogP) is 1.22. The first-order valence-corrected chi connectivity index (χ1v) is 5.62. The van der Waals surface area contributed by atoms with Crippen molar-refractivity contribution in [1.82, 2.24) is 10.2 Å². The second-order valence-electron chi connectivity index (χ2n) is 5.05. The van der Waals surface area contributed by atoms with Crippen LogP contribution in [-0.2, 0) is 0 Å². The average molecular weight is 192 g/mol. The number of hydrogen-bond acceptors (Lipinski definition) is 2. The van der Waals surface area contributed by atoms with Gasteiger partial charge in [-0.1, -0.05) is 5.92 Å². The maximum atomic E-state index is 5.50. The van der Waals surface area contributed by atoms with E-state index < -0.39 is 0 Å². The molecular weight excluding hydrogens is 172 g/mol. The van der Waals surface area contributed by atoms with Gasteiger partial charge in [0, 0.05) is 18.6 Å². The van der Waals surface area contributed by atoms with Crippen molar-refractivity contribution in [3.8, 4) is 12.3 Å². The van der Waals surface area contributed by atoms with Crippen LogP contribution in [-0.4, -0.2) is 35.6 Å². The molecular formula is C12H20N2. The lowest BCUT2D eigenvalue weighted by Crippen LogP contribution is -2.49. The molecule has 0 radical (unpaired) electrons. The van der Waals surface area contributed by atoms with Gasteiger partial charge < -0.3 is 0 Å². The van der Waals surface area contributed by atoms with Crippen LogP contribution in [0.2, 0.25) is 0 Å². The van der Waals surface area contributed by atoms with Crippen LogP contribution in [0.1, 0.15) is 33.1 Å². The van der Waals surface area contributed by atoms with Gasteiger partial charge >= 0.3 is 0 Å². The van der Waals surface area contributed by atoms with Gasteiger partial charge in [-0.15, -0.1) is 6.42 Å². The van der Waals surface area contributed by atoms with E-state index in [9.17, 15) is 0 Å². The van der Waals surface area contributed by atoms with E-state index in [1.54, 1.807) is 0 Å². The van der Waals surface area contributed by atoms with Gasteiger partial charge in [-0.2, -0.15) is 0 Å². The fourth-order valence-electron chi connectivity index (χ4n) is 2.76. The molecule has 2 atom stereocenters. The lowest BCUT2D eigenvalue weighted by atomic mass is 10.0. The van der Waals surface area contributed by atoms with E-state index in [2.05, 4.69) is 30.0 Å². The molecule has 0 spiro atoms. The Morgan fingerprint density at radius 1 is 1.36 bits per heavy atom. The third-order valence-corrected chi connectivity index (χ3v) is 3.51. The number of rotatable bonds is 2. The Morgan fingerprint density at radius 2 is 2.14 bits per heavy atom. The fraction of sp³-hybridized carbons (Fsp3) is 0.833. The topological polar surface area (TPSA) is 15.3 Å². The molecule has 14 heavy (non-hydrogen) atoms. The quantitative estimate of drug-likeness (QED) is 0.662. The molecule has 0 amide bonds. The second-order valence-corrected chi connectivity index (χ2v) is 5.05. The normalized spacial score (nSPS) is 32.9. The smallest absolute Gasteiger partial charge is 0.0743 e. The van der Waals surface area contributed by atoms with Crippen LogP contribution in [0, 0.1) is 12.3 Å². The molecule has 2 fully saturated rings. The zero-order chi connectivity index (χ0) is 10.2. The van der Waals surface area contributed by atoms with Crippen molar-refractivity contribution in [1.29, 1.82) is 0 Å². The molecule has 0 bridgehead atoms. The zero-order valence-corrected chi connectivity index (χ0v) is 9.21. The molecule has 2 unspecified atom stereocenters. The monoisotopic (exact) mass is 192 g/mol. The molecule has 2 aliphatic rings. The number of hydrogen-bond donors (Lipinski definition) is 1. The number of nitrogens with zero attached hydrogens (tertiary/aromatic N) is 1. The fourth-order valence-corrected chi connectivity index (χ4v) is 2.76. The molecule has 78 valence electrons. The summed E-state index contributed by atoms with van der Waals surface area (Å²) in [4.78, 5) is 2.60. The predicted molar refractivity (Wildman–Crippen MR) is 59.0 cm³/mol. The summed E-state index contributed by atoms with van der Waals surface area (Å²) in [6.07, 6.45) is 9.46. The Bertz CT molecular complexity index is 252. The van der Waals surface area contributed by atoms with Crippen molar-refractivity contribution < 1.29 is 0 Å². The van der Waals surface area contributed by atoms with Gasteiger partial charge in [0.2, 0.25) is 0 Å². The molecule has 2 nitrogen and oxygen atoms in total. The molecule has 1 N–H and O–H groups in total. The van der Waals surface area contributed by atoms with E-state index in [-0.39, 0.29) is 5.54 Å². The molecule has 2 rings (SSSR count). The second kappa shape index (κ2) is 3.56. The van der Waals surface area contributed by atoms with Gasteiger partial charge in [-0.25, -0.2) is 0 Å². The standard InChI is InChI=1S/C12H20N2/c1-4-12(2,3)13-10-7-9-14-8-5-6-11(10)14/h1,10-11,13H,5-9H2,2-3H3. The van der Waals surface area contributed by atoms with Crippen molar-refractivity contribution >= 4 is 0 Å². The highest BCUT2D eigenvalue weighted by Gasteiger charge is 2.38. The Morgan fingerprint density at radius 3 is 2.86 bits per heavy atom. The highest BCUT2D eigenvalue weighted by Crippen LogP contribution is 2.28.